The summed E-state index contributed by atoms with van der Waals surface area (Å²) in [6, 6.07) is 8.39. The molecule has 34 heavy (non-hydrogen) atoms. The summed E-state index contributed by atoms with van der Waals surface area (Å²) in [5.41, 5.74) is 3.05. The lowest BCUT2D eigenvalue weighted by molar-refractivity contribution is -0.0665. The number of anilines is 1. The molecule has 0 aliphatic heterocycles. The highest BCUT2D eigenvalue weighted by atomic mass is 16.5. The van der Waals surface area contributed by atoms with Crippen molar-refractivity contribution in [3.8, 4) is 23.8 Å². The number of rotatable bonds is 8. The van der Waals surface area contributed by atoms with Gasteiger partial charge in [-0.05, 0) is 68.0 Å². The Labute approximate surface area is 197 Å². The minimum Gasteiger partial charge on any atom is -0.437 e. The predicted octanol–water partition coefficient (Wildman–Crippen LogP) is 4.28. The highest BCUT2D eigenvalue weighted by Crippen LogP contribution is 2.67. The molecule has 3 fully saturated rings. The molecule has 0 spiro atoms. The van der Waals surface area contributed by atoms with Crippen molar-refractivity contribution in [1.82, 2.24) is 19.7 Å². The van der Waals surface area contributed by atoms with E-state index in [9.17, 15) is 5.26 Å². The minimum absolute atomic E-state index is 0.111. The van der Waals surface area contributed by atoms with Crippen LogP contribution in [-0.2, 0) is 11.3 Å². The molecule has 9 heteroatoms. The standard InChI is InChI=1S/C25H25N7O2/c1-16-9-18(5-4-6-26)10-17(2)20(16)34-22-19-11-32(7-8-33-3)31-21(19)28-23(29-22)30-25-12-24(13-25,14-25)15-27/h4-5,9-11H,7-8,12-14H2,1-3H3,(H,28,30,31)/b5-4+. The third-order valence-corrected chi connectivity index (χ3v) is 6.59. The Morgan fingerprint density at radius 3 is 2.56 bits per heavy atom. The van der Waals surface area contributed by atoms with Crippen LogP contribution < -0.4 is 10.1 Å². The molecule has 3 aromatic rings. The largest absolute Gasteiger partial charge is 0.437 e. The number of ether oxygens (including phenoxy) is 2. The molecule has 0 unspecified atom stereocenters. The molecule has 6 rings (SSSR count). The average molecular weight is 456 g/mol. The van der Waals surface area contributed by atoms with E-state index >= 15 is 0 Å². The fourth-order valence-corrected chi connectivity index (χ4v) is 5.11. The summed E-state index contributed by atoms with van der Waals surface area (Å²) in [7, 11) is 1.65. The van der Waals surface area contributed by atoms with Gasteiger partial charge in [0, 0.05) is 24.9 Å². The number of nitrogens with zero attached hydrogens (tertiary/aromatic N) is 6. The second-order valence-electron chi connectivity index (χ2n) is 9.35. The van der Waals surface area contributed by atoms with Crippen LogP contribution in [0.3, 0.4) is 0 Å². The zero-order valence-corrected chi connectivity index (χ0v) is 19.4. The number of nitriles is 2. The summed E-state index contributed by atoms with van der Waals surface area (Å²) in [5.74, 6) is 1.58. The Kier molecular flexibility index (Phi) is 5.22. The van der Waals surface area contributed by atoms with Crippen molar-refractivity contribution in [2.75, 3.05) is 19.0 Å². The Morgan fingerprint density at radius 2 is 1.91 bits per heavy atom. The normalized spacial score (nSPS) is 22.6. The van der Waals surface area contributed by atoms with Crippen LogP contribution in [0.1, 0.15) is 36.0 Å². The average Bonchev–Trinajstić information content (AvgIpc) is 3.17. The smallest absolute Gasteiger partial charge is 0.235 e. The van der Waals surface area contributed by atoms with E-state index in [2.05, 4.69) is 21.5 Å². The predicted molar refractivity (Wildman–Crippen MR) is 126 cm³/mol. The van der Waals surface area contributed by atoms with E-state index in [1.54, 1.807) is 17.9 Å². The zero-order chi connectivity index (χ0) is 23.9. The summed E-state index contributed by atoms with van der Waals surface area (Å²) < 4.78 is 13.3. The molecule has 1 aromatic carbocycles. The van der Waals surface area contributed by atoms with E-state index in [4.69, 9.17) is 19.7 Å². The van der Waals surface area contributed by atoms with E-state index in [-0.39, 0.29) is 11.0 Å². The van der Waals surface area contributed by atoms with Gasteiger partial charge < -0.3 is 14.8 Å². The maximum Gasteiger partial charge on any atom is 0.235 e. The lowest BCUT2D eigenvalue weighted by atomic mass is 9.40. The molecule has 1 N–H and O–H groups in total. The third-order valence-electron chi connectivity index (χ3n) is 6.59. The van der Waals surface area contributed by atoms with Gasteiger partial charge in [0.2, 0.25) is 11.8 Å². The molecule has 0 atom stereocenters. The molecule has 2 aromatic heterocycles. The number of allylic oxidation sites excluding steroid dienone is 1. The molecule has 0 amide bonds. The minimum atomic E-state index is -0.172. The van der Waals surface area contributed by atoms with Crippen LogP contribution in [0.5, 0.6) is 11.6 Å². The van der Waals surface area contributed by atoms with Crippen molar-refractivity contribution in [1.29, 1.82) is 10.5 Å². The van der Waals surface area contributed by atoms with Crippen molar-refractivity contribution in [2.45, 2.75) is 45.2 Å². The Balaban J connectivity index is 1.50. The van der Waals surface area contributed by atoms with Crippen LogP contribution >= 0.6 is 0 Å². The zero-order valence-electron chi connectivity index (χ0n) is 19.4. The molecule has 2 heterocycles. The van der Waals surface area contributed by atoms with Crippen molar-refractivity contribution in [3.63, 3.8) is 0 Å². The van der Waals surface area contributed by atoms with Crippen molar-refractivity contribution < 1.29 is 9.47 Å². The van der Waals surface area contributed by atoms with E-state index in [1.807, 2.05) is 38.2 Å². The van der Waals surface area contributed by atoms with Crippen LogP contribution in [0, 0.1) is 41.9 Å². The molecule has 0 saturated heterocycles. The third kappa shape index (κ3) is 3.74. The second-order valence-corrected chi connectivity index (χ2v) is 9.35. The van der Waals surface area contributed by atoms with Crippen LogP contribution in [0.2, 0.25) is 0 Å². The number of fused-ring (bicyclic) bond motifs is 1. The van der Waals surface area contributed by atoms with Gasteiger partial charge in [-0.25, -0.2) is 0 Å². The molecule has 2 bridgehead atoms. The maximum atomic E-state index is 9.33. The number of aryl methyl sites for hydroxylation is 2. The Morgan fingerprint density at radius 1 is 1.18 bits per heavy atom. The summed E-state index contributed by atoms with van der Waals surface area (Å²) in [6.45, 7) is 5.04. The molecule has 9 nitrogen and oxygen atoms in total. The van der Waals surface area contributed by atoms with Crippen LogP contribution in [-0.4, -0.2) is 39.0 Å². The van der Waals surface area contributed by atoms with Crippen LogP contribution in [0.4, 0.5) is 5.95 Å². The number of methoxy groups -OCH3 is 1. The van der Waals surface area contributed by atoms with Crippen molar-refractivity contribution >= 4 is 23.1 Å². The molecular weight excluding hydrogens is 430 g/mol. The summed E-state index contributed by atoms with van der Waals surface area (Å²) >= 11 is 0. The van der Waals surface area contributed by atoms with Gasteiger partial charge in [0.1, 0.15) is 11.1 Å². The molecule has 3 aliphatic carbocycles. The molecule has 172 valence electrons. The number of aromatic nitrogens is 4. The van der Waals surface area contributed by atoms with Crippen molar-refractivity contribution in [2.24, 2.45) is 5.41 Å². The SMILES string of the molecule is COCCn1cc2c(Oc3c(C)cc(/C=C/C#N)cc3C)nc(NC34CC(C#N)(C3)C4)nc2n1. The first kappa shape index (κ1) is 21.9. The van der Waals surface area contributed by atoms with E-state index in [0.717, 1.165) is 36.0 Å². The highest BCUT2D eigenvalue weighted by molar-refractivity contribution is 5.81. The first-order valence-electron chi connectivity index (χ1n) is 11.2. The Bertz CT molecular complexity index is 1350. The van der Waals surface area contributed by atoms with Gasteiger partial charge in [0.05, 0.1) is 30.7 Å². The molecule has 3 aliphatic rings. The van der Waals surface area contributed by atoms with E-state index in [0.29, 0.717) is 41.8 Å². The topological polar surface area (TPSA) is 122 Å². The van der Waals surface area contributed by atoms with E-state index < -0.39 is 0 Å². The van der Waals surface area contributed by atoms with Gasteiger partial charge in [0.15, 0.2) is 5.65 Å². The lowest BCUT2D eigenvalue weighted by Gasteiger charge is -2.66. The first-order chi connectivity index (χ1) is 16.4. The van der Waals surface area contributed by atoms with E-state index in [1.165, 1.54) is 6.08 Å². The summed E-state index contributed by atoms with van der Waals surface area (Å²) in [6.07, 6.45) is 7.53. The molecular formula is C25H25N7O2. The highest BCUT2D eigenvalue weighted by Gasteiger charge is 2.69. The van der Waals surface area contributed by atoms with Gasteiger partial charge in [-0.2, -0.15) is 25.6 Å². The molecule has 0 radical (unpaired) electrons. The number of hydrogen-bond donors (Lipinski definition) is 1. The van der Waals surface area contributed by atoms with Gasteiger partial charge in [-0.15, -0.1) is 0 Å². The fourth-order valence-electron chi connectivity index (χ4n) is 5.11. The fraction of sp³-hybridized carbons (Fsp3) is 0.400. The monoisotopic (exact) mass is 455 g/mol. The second kappa shape index (κ2) is 8.12. The van der Waals surface area contributed by atoms with Gasteiger partial charge >= 0.3 is 0 Å². The maximum absolute atomic E-state index is 9.33. The number of hydrogen-bond acceptors (Lipinski definition) is 8. The summed E-state index contributed by atoms with van der Waals surface area (Å²) in [4.78, 5) is 9.36. The van der Waals surface area contributed by atoms with Gasteiger partial charge in [-0.1, -0.05) is 0 Å². The van der Waals surface area contributed by atoms with Gasteiger partial charge in [0.25, 0.3) is 0 Å². The van der Waals surface area contributed by atoms with Gasteiger partial charge in [-0.3, -0.25) is 4.68 Å². The van der Waals surface area contributed by atoms with Crippen LogP contribution in [0.15, 0.2) is 24.4 Å². The number of nitrogens with one attached hydrogen (secondary N) is 1. The first-order valence-corrected chi connectivity index (χ1v) is 11.2. The van der Waals surface area contributed by atoms with Crippen LogP contribution in [0.25, 0.3) is 17.1 Å². The Hall–Kier alpha value is -3.95. The molecule has 3 saturated carbocycles. The summed E-state index contributed by atoms with van der Waals surface area (Å²) in [5, 5.41) is 26.9. The van der Waals surface area contributed by atoms with Crippen molar-refractivity contribution in [3.05, 3.63) is 41.1 Å². The quantitative estimate of drug-likeness (QED) is 0.500. The number of benzene rings is 1. The lowest BCUT2D eigenvalue weighted by Crippen LogP contribution is -2.70.